The molecule has 0 aliphatic carbocycles. The summed E-state index contributed by atoms with van der Waals surface area (Å²) >= 11 is 0. The second kappa shape index (κ2) is 9.22. The van der Waals surface area contributed by atoms with Crippen molar-refractivity contribution in [3.8, 4) is 5.69 Å². The molecule has 5 aromatic rings. The van der Waals surface area contributed by atoms with Crippen molar-refractivity contribution in [2.75, 3.05) is 5.73 Å². The van der Waals surface area contributed by atoms with E-state index in [-0.39, 0.29) is 11.9 Å². The van der Waals surface area contributed by atoms with Crippen LogP contribution in [0.3, 0.4) is 0 Å². The van der Waals surface area contributed by atoms with E-state index in [1.807, 2.05) is 60.0 Å². The Hall–Kier alpha value is -4.19. The summed E-state index contributed by atoms with van der Waals surface area (Å²) in [4.78, 5) is 23.2. The second-order valence-electron chi connectivity index (χ2n) is 9.15. The molecule has 6 nitrogen and oxygen atoms in total. The molecule has 2 aromatic heterocycles. The van der Waals surface area contributed by atoms with Crippen LogP contribution in [0.4, 0.5) is 5.82 Å². The first-order valence-corrected chi connectivity index (χ1v) is 11.9. The third-order valence-electron chi connectivity index (χ3n) is 6.56. The molecule has 3 aromatic carbocycles. The third kappa shape index (κ3) is 4.35. The predicted molar refractivity (Wildman–Crippen MR) is 142 cm³/mol. The number of nitrogens with one attached hydrogen (secondary N) is 1. The van der Waals surface area contributed by atoms with E-state index < -0.39 is 0 Å². The number of rotatable bonds is 6. The minimum atomic E-state index is -0.236. The highest BCUT2D eigenvalue weighted by atomic mass is 16.1. The van der Waals surface area contributed by atoms with Crippen LogP contribution >= 0.6 is 0 Å². The molecule has 35 heavy (non-hydrogen) atoms. The number of anilines is 1. The normalized spacial score (nSPS) is 12.2. The number of carbonyl (C=O) groups excluding carboxylic acids is 1. The Labute approximate surface area is 204 Å². The van der Waals surface area contributed by atoms with Crippen LogP contribution in [0.25, 0.3) is 27.9 Å². The zero-order valence-electron chi connectivity index (χ0n) is 20.2. The minimum Gasteiger partial charge on any atom is -0.384 e. The Morgan fingerprint density at radius 3 is 2.34 bits per heavy atom. The van der Waals surface area contributed by atoms with Crippen molar-refractivity contribution < 1.29 is 4.79 Å². The molecule has 6 heteroatoms. The summed E-state index contributed by atoms with van der Waals surface area (Å²) in [7, 11) is 0. The summed E-state index contributed by atoms with van der Waals surface area (Å²) < 4.78 is 1.84. The number of nitrogen functional groups attached to an aromatic ring is 1. The number of para-hydroxylation sites is 2. The van der Waals surface area contributed by atoms with Gasteiger partial charge in [0.15, 0.2) is 5.65 Å². The van der Waals surface area contributed by atoms with Crippen LogP contribution in [-0.4, -0.2) is 26.5 Å². The first-order valence-electron chi connectivity index (χ1n) is 11.9. The maximum Gasteiger partial charge on any atom is 0.257 e. The van der Waals surface area contributed by atoms with Crippen LogP contribution in [0.5, 0.6) is 0 Å². The first-order chi connectivity index (χ1) is 16.9. The number of hydrogen-bond acceptors (Lipinski definition) is 4. The number of nitrogens with two attached hydrogens (primary N) is 1. The van der Waals surface area contributed by atoms with Gasteiger partial charge in [0.2, 0.25) is 0 Å². The molecular weight excluding hydrogens is 434 g/mol. The van der Waals surface area contributed by atoms with Crippen molar-refractivity contribution in [1.82, 2.24) is 19.9 Å². The molecule has 0 fully saturated rings. The van der Waals surface area contributed by atoms with E-state index in [4.69, 9.17) is 15.7 Å². The zero-order chi connectivity index (χ0) is 24.5. The van der Waals surface area contributed by atoms with E-state index in [1.165, 1.54) is 11.1 Å². The number of carbonyl (C=O) groups is 1. The Balaban J connectivity index is 1.56. The van der Waals surface area contributed by atoms with E-state index in [2.05, 4.69) is 43.4 Å². The van der Waals surface area contributed by atoms with Gasteiger partial charge in [-0.3, -0.25) is 9.36 Å². The number of amides is 1. The Kier molecular flexibility index (Phi) is 5.95. The SMILES string of the molecule is Cc1ccc(-n2c(N)c(C(=O)N[C@@H](C)CCc3ccccc3)c3nc4ccccc4nc32)cc1C. The van der Waals surface area contributed by atoms with Crippen LogP contribution in [0.15, 0.2) is 72.8 Å². The van der Waals surface area contributed by atoms with Crippen LogP contribution in [0.1, 0.15) is 40.4 Å². The standard InChI is InChI=1S/C29H29N5O/c1-18-13-16-22(17-19(18)2)34-27(30)25(26-28(34)33-24-12-8-7-11-23(24)32-26)29(35)31-20(3)14-15-21-9-5-4-6-10-21/h4-13,16-17,20H,14-15,30H2,1-3H3,(H,31,35)/t20-/m0/s1. The van der Waals surface area contributed by atoms with E-state index >= 15 is 0 Å². The fourth-order valence-electron chi connectivity index (χ4n) is 4.41. The molecule has 0 bridgehead atoms. The summed E-state index contributed by atoms with van der Waals surface area (Å²) in [5, 5.41) is 3.13. The highest BCUT2D eigenvalue weighted by Gasteiger charge is 2.25. The van der Waals surface area contributed by atoms with Gasteiger partial charge >= 0.3 is 0 Å². The Morgan fingerprint density at radius 1 is 0.943 bits per heavy atom. The molecule has 1 amide bonds. The zero-order valence-corrected chi connectivity index (χ0v) is 20.2. The summed E-state index contributed by atoms with van der Waals surface area (Å²) in [6.07, 6.45) is 1.70. The van der Waals surface area contributed by atoms with Gasteiger partial charge in [0.1, 0.15) is 16.9 Å². The molecule has 0 radical (unpaired) electrons. The molecule has 0 aliphatic heterocycles. The van der Waals surface area contributed by atoms with E-state index in [1.54, 1.807) is 0 Å². The molecule has 3 N–H and O–H groups in total. The Morgan fingerprint density at radius 2 is 1.63 bits per heavy atom. The van der Waals surface area contributed by atoms with Gasteiger partial charge in [0, 0.05) is 11.7 Å². The van der Waals surface area contributed by atoms with E-state index in [0.717, 1.165) is 35.1 Å². The summed E-state index contributed by atoms with van der Waals surface area (Å²) in [5.74, 6) is 0.103. The smallest absolute Gasteiger partial charge is 0.257 e. The summed E-state index contributed by atoms with van der Waals surface area (Å²) in [6.45, 7) is 6.14. The highest BCUT2D eigenvalue weighted by Crippen LogP contribution is 2.31. The monoisotopic (exact) mass is 463 g/mol. The van der Waals surface area contributed by atoms with Gasteiger partial charge in [-0.15, -0.1) is 0 Å². The van der Waals surface area contributed by atoms with E-state index in [9.17, 15) is 4.79 Å². The number of hydrogen-bond donors (Lipinski definition) is 2. The van der Waals surface area contributed by atoms with Crippen LogP contribution < -0.4 is 11.1 Å². The van der Waals surface area contributed by atoms with Gasteiger partial charge in [-0.1, -0.05) is 48.5 Å². The number of nitrogens with zero attached hydrogens (tertiary/aromatic N) is 3. The molecule has 0 aliphatic rings. The molecule has 0 saturated carbocycles. The second-order valence-corrected chi connectivity index (χ2v) is 9.15. The molecule has 0 unspecified atom stereocenters. The fourth-order valence-corrected chi connectivity index (χ4v) is 4.41. The molecule has 5 rings (SSSR count). The molecule has 2 heterocycles. The average Bonchev–Trinajstić information content (AvgIpc) is 3.14. The van der Waals surface area contributed by atoms with Gasteiger partial charge in [0.25, 0.3) is 5.91 Å². The lowest BCUT2D eigenvalue weighted by Crippen LogP contribution is -2.33. The van der Waals surface area contributed by atoms with Crippen LogP contribution in [0.2, 0.25) is 0 Å². The lowest BCUT2D eigenvalue weighted by atomic mass is 10.1. The number of benzene rings is 3. The first kappa shape index (κ1) is 22.6. The fraction of sp³-hybridized carbons (Fsp3) is 0.207. The molecule has 0 saturated heterocycles. The van der Waals surface area contributed by atoms with Crippen LogP contribution in [0, 0.1) is 13.8 Å². The number of aryl methyl sites for hydroxylation is 3. The lowest BCUT2D eigenvalue weighted by Gasteiger charge is -2.14. The van der Waals surface area contributed by atoms with Gasteiger partial charge in [-0.2, -0.15) is 0 Å². The number of fused-ring (bicyclic) bond motifs is 2. The van der Waals surface area contributed by atoms with Crippen LogP contribution in [-0.2, 0) is 6.42 Å². The third-order valence-corrected chi connectivity index (χ3v) is 6.56. The maximum absolute atomic E-state index is 13.5. The van der Waals surface area contributed by atoms with Gasteiger partial charge in [-0.05, 0) is 74.6 Å². The molecule has 1 atom stereocenters. The van der Waals surface area contributed by atoms with Gasteiger partial charge < -0.3 is 11.1 Å². The number of aromatic nitrogens is 3. The quantitative estimate of drug-likeness (QED) is 0.347. The van der Waals surface area contributed by atoms with Crippen molar-refractivity contribution in [2.24, 2.45) is 0 Å². The largest absolute Gasteiger partial charge is 0.384 e. The molecular formula is C29H29N5O. The van der Waals surface area contributed by atoms with Gasteiger partial charge in [0.05, 0.1) is 11.0 Å². The Bertz CT molecular complexity index is 1540. The topological polar surface area (TPSA) is 85.8 Å². The lowest BCUT2D eigenvalue weighted by molar-refractivity contribution is 0.0941. The van der Waals surface area contributed by atoms with Crippen molar-refractivity contribution in [2.45, 2.75) is 39.7 Å². The average molecular weight is 464 g/mol. The minimum absolute atomic E-state index is 0.0319. The van der Waals surface area contributed by atoms with Crippen molar-refractivity contribution in [3.05, 3.63) is 95.1 Å². The van der Waals surface area contributed by atoms with Crippen molar-refractivity contribution in [3.63, 3.8) is 0 Å². The maximum atomic E-state index is 13.5. The highest BCUT2D eigenvalue weighted by molar-refractivity contribution is 6.11. The summed E-state index contributed by atoms with van der Waals surface area (Å²) in [5.41, 5.74) is 14.0. The van der Waals surface area contributed by atoms with Gasteiger partial charge in [-0.25, -0.2) is 9.97 Å². The van der Waals surface area contributed by atoms with Crippen molar-refractivity contribution >= 4 is 33.9 Å². The molecule has 0 spiro atoms. The van der Waals surface area contributed by atoms with E-state index in [0.29, 0.717) is 22.5 Å². The predicted octanol–water partition coefficient (Wildman–Crippen LogP) is 5.52. The van der Waals surface area contributed by atoms with Crippen molar-refractivity contribution in [1.29, 1.82) is 0 Å². The molecule has 176 valence electrons. The summed E-state index contributed by atoms with van der Waals surface area (Å²) in [6, 6.07) is 24.0.